The van der Waals surface area contributed by atoms with Gasteiger partial charge in [0, 0.05) is 0 Å². The van der Waals surface area contributed by atoms with E-state index in [9.17, 15) is 19.2 Å². The molecule has 12 heteroatoms. The van der Waals surface area contributed by atoms with Crippen LogP contribution in [0, 0.1) is 5.92 Å². The normalized spacial score (nSPS) is 15.4. The summed E-state index contributed by atoms with van der Waals surface area (Å²) < 4.78 is 26.2. The lowest BCUT2D eigenvalue weighted by molar-refractivity contribution is -0.159. The minimum atomic E-state index is -0.997. The average Bonchev–Trinajstić information content (AvgIpc) is 3.48. The van der Waals surface area contributed by atoms with Gasteiger partial charge in [0.1, 0.15) is 15.4 Å². The predicted octanol–water partition coefficient (Wildman–Crippen LogP) is 6.74. The van der Waals surface area contributed by atoms with E-state index in [1.165, 1.54) is 27.4 Å². The Balaban J connectivity index is 1.93. The first-order valence-electron chi connectivity index (χ1n) is 13.8. The van der Waals surface area contributed by atoms with Crippen molar-refractivity contribution < 1.29 is 42.5 Å². The zero-order chi connectivity index (χ0) is 31.4. The van der Waals surface area contributed by atoms with Gasteiger partial charge in [-0.2, -0.15) is 0 Å². The van der Waals surface area contributed by atoms with Gasteiger partial charge in [0.25, 0.3) is 0 Å². The second-order valence-corrected chi connectivity index (χ2v) is 13.2. The molecule has 2 aromatic rings. The Bertz CT molecular complexity index is 1270. The SMILES string of the molecule is COC(=O)c1cc(CCl)oc1C(OC(=O)c1ccccc1)C1(CC/C(C)=C/CCC(C(=O)OC)C(=O)OC)SCCCS1. The number of carbonyl (C=O) groups excluding carboxylic acids is 4. The molecule has 0 bridgehead atoms. The van der Waals surface area contributed by atoms with E-state index in [0.29, 0.717) is 30.6 Å². The molecule has 1 aromatic carbocycles. The highest BCUT2D eigenvalue weighted by atomic mass is 35.5. The Kier molecular flexibility index (Phi) is 13.5. The van der Waals surface area contributed by atoms with Crippen molar-refractivity contribution in [2.45, 2.75) is 55.1 Å². The van der Waals surface area contributed by atoms with E-state index in [2.05, 4.69) is 0 Å². The van der Waals surface area contributed by atoms with Crippen LogP contribution in [-0.4, -0.2) is 60.8 Å². The van der Waals surface area contributed by atoms with Crippen LogP contribution in [0.15, 0.2) is 52.5 Å². The molecular weight excluding hydrogens is 616 g/mol. The van der Waals surface area contributed by atoms with E-state index < -0.39 is 40.0 Å². The molecule has 234 valence electrons. The maximum absolute atomic E-state index is 13.4. The van der Waals surface area contributed by atoms with Gasteiger partial charge < -0.3 is 23.4 Å². The standard InChI is InChI=1S/C31H37ClO9S2/c1-20(10-8-13-23(28(34)37-2)29(35)38-3)14-15-31(42-16-9-17-43-31)26(41-27(33)21-11-6-5-7-12-21)25-24(30(36)39-4)18-22(19-32)40-25/h5-7,10-12,18,23,26H,8-9,13-17,19H2,1-4H3/b20-10+. The molecule has 9 nitrogen and oxygen atoms in total. The number of hydrogen-bond acceptors (Lipinski definition) is 11. The van der Waals surface area contributed by atoms with Gasteiger partial charge in [0.2, 0.25) is 0 Å². The highest BCUT2D eigenvalue weighted by Crippen LogP contribution is 2.56. The van der Waals surface area contributed by atoms with Gasteiger partial charge in [0.15, 0.2) is 17.8 Å². The Labute approximate surface area is 265 Å². The molecular formula is C31H37ClO9S2. The smallest absolute Gasteiger partial charge is 0.341 e. The van der Waals surface area contributed by atoms with E-state index in [4.69, 9.17) is 35.0 Å². The van der Waals surface area contributed by atoms with E-state index >= 15 is 0 Å². The zero-order valence-corrected chi connectivity index (χ0v) is 27.1. The molecule has 1 fully saturated rings. The molecule has 0 amide bonds. The van der Waals surface area contributed by atoms with Crippen LogP contribution in [0.1, 0.15) is 77.4 Å². The first-order chi connectivity index (χ1) is 20.7. The summed E-state index contributed by atoms with van der Waals surface area (Å²) in [6.07, 6.45) is 3.93. The molecule has 43 heavy (non-hydrogen) atoms. The maximum atomic E-state index is 13.4. The van der Waals surface area contributed by atoms with Gasteiger partial charge in [-0.05, 0) is 68.7 Å². The van der Waals surface area contributed by atoms with Crippen LogP contribution in [-0.2, 0) is 34.4 Å². The van der Waals surface area contributed by atoms with Gasteiger partial charge in [-0.15, -0.1) is 35.1 Å². The number of halogens is 1. The summed E-state index contributed by atoms with van der Waals surface area (Å²) in [6, 6.07) is 10.2. The lowest BCUT2D eigenvalue weighted by Crippen LogP contribution is -2.36. The molecule has 1 unspecified atom stereocenters. The minimum Gasteiger partial charge on any atom is -0.468 e. The molecule has 0 radical (unpaired) electrons. The minimum absolute atomic E-state index is 0.0244. The lowest BCUT2D eigenvalue weighted by Gasteiger charge is -2.41. The Morgan fingerprint density at radius 2 is 1.65 bits per heavy atom. The van der Waals surface area contributed by atoms with Crippen LogP contribution in [0.2, 0.25) is 0 Å². The number of furan rings is 1. The fraction of sp³-hybridized carbons (Fsp3) is 0.484. The summed E-state index contributed by atoms with van der Waals surface area (Å²) in [5.74, 6) is -1.18. The molecule has 3 rings (SSSR count). The largest absolute Gasteiger partial charge is 0.468 e. The summed E-state index contributed by atoms with van der Waals surface area (Å²) in [5.41, 5.74) is 1.57. The highest BCUT2D eigenvalue weighted by Gasteiger charge is 2.48. The van der Waals surface area contributed by atoms with Crippen molar-refractivity contribution in [1.82, 2.24) is 0 Å². The Morgan fingerprint density at radius 3 is 2.23 bits per heavy atom. The van der Waals surface area contributed by atoms with Crippen LogP contribution in [0.5, 0.6) is 0 Å². The van der Waals surface area contributed by atoms with E-state index in [1.807, 2.05) is 19.1 Å². The summed E-state index contributed by atoms with van der Waals surface area (Å²) in [7, 11) is 3.75. The average molecular weight is 653 g/mol. The topological polar surface area (TPSA) is 118 Å². The van der Waals surface area contributed by atoms with Crippen LogP contribution in [0.25, 0.3) is 0 Å². The van der Waals surface area contributed by atoms with Gasteiger partial charge in [0.05, 0.1) is 32.8 Å². The van der Waals surface area contributed by atoms with E-state index in [0.717, 1.165) is 23.5 Å². The molecule has 0 aliphatic carbocycles. The molecule has 1 aliphatic rings. The fourth-order valence-corrected chi connectivity index (χ4v) is 8.21. The van der Waals surface area contributed by atoms with Crippen LogP contribution in [0.4, 0.5) is 0 Å². The molecule has 1 atom stereocenters. The van der Waals surface area contributed by atoms with E-state index in [1.54, 1.807) is 47.8 Å². The summed E-state index contributed by atoms with van der Waals surface area (Å²) in [5, 5.41) is 0. The first-order valence-corrected chi connectivity index (χ1v) is 16.3. The molecule has 0 N–H and O–H groups in total. The number of alkyl halides is 1. The number of ether oxygens (including phenoxy) is 4. The number of thioether (sulfide) groups is 2. The fourth-order valence-electron chi connectivity index (χ4n) is 4.68. The van der Waals surface area contributed by atoms with Crippen molar-refractivity contribution in [2.75, 3.05) is 32.8 Å². The quantitative estimate of drug-likeness (QED) is 0.0710. The van der Waals surface area contributed by atoms with Crippen LogP contribution in [0.3, 0.4) is 0 Å². The molecule has 1 saturated heterocycles. The third-order valence-corrected chi connectivity index (χ3v) is 10.8. The Morgan fingerprint density at radius 1 is 1.00 bits per heavy atom. The van der Waals surface area contributed by atoms with Gasteiger partial charge in [-0.25, -0.2) is 9.59 Å². The van der Waals surface area contributed by atoms with Crippen molar-refractivity contribution in [3.05, 3.63) is 70.7 Å². The van der Waals surface area contributed by atoms with Crippen LogP contribution >= 0.6 is 35.1 Å². The van der Waals surface area contributed by atoms with Crippen molar-refractivity contribution in [2.24, 2.45) is 5.92 Å². The number of methoxy groups -OCH3 is 3. The lowest BCUT2D eigenvalue weighted by atomic mass is 9.99. The highest BCUT2D eigenvalue weighted by molar-refractivity contribution is 8.18. The van der Waals surface area contributed by atoms with Gasteiger partial charge in [-0.1, -0.05) is 29.8 Å². The van der Waals surface area contributed by atoms with Crippen molar-refractivity contribution in [3.8, 4) is 0 Å². The van der Waals surface area contributed by atoms with Crippen molar-refractivity contribution >= 4 is 59.0 Å². The second-order valence-electron chi connectivity index (χ2n) is 9.86. The predicted molar refractivity (Wildman–Crippen MR) is 166 cm³/mol. The third kappa shape index (κ3) is 9.06. The molecule has 0 spiro atoms. The summed E-state index contributed by atoms with van der Waals surface area (Å²) in [6.45, 7) is 1.97. The molecule has 1 aromatic heterocycles. The molecule has 0 saturated carbocycles. The third-order valence-electron chi connectivity index (χ3n) is 6.99. The van der Waals surface area contributed by atoms with Gasteiger partial charge in [-0.3, -0.25) is 9.59 Å². The number of allylic oxidation sites excluding steroid dienone is 2. The first kappa shape index (κ1) is 34.6. The van der Waals surface area contributed by atoms with Gasteiger partial charge >= 0.3 is 23.9 Å². The molecule has 1 aliphatic heterocycles. The molecule has 2 heterocycles. The second kappa shape index (κ2) is 16.8. The number of rotatable bonds is 14. The summed E-state index contributed by atoms with van der Waals surface area (Å²) in [4.78, 5) is 50.4. The maximum Gasteiger partial charge on any atom is 0.341 e. The number of esters is 4. The Hall–Kier alpha value is -2.89. The monoisotopic (exact) mass is 652 g/mol. The summed E-state index contributed by atoms with van der Waals surface area (Å²) >= 11 is 9.43. The number of hydrogen-bond donors (Lipinski definition) is 0. The van der Waals surface area contributed by atoms with Crippen molar-refractivity contribution in [1.29, 1.82) is 0 Å². The number of carbonyl (C=O) groups is 4. The zero-order valence-electron chi connectivity index (χ0n) is 24.7. The number of benzene rings is 1. The van der Waals surface area contributed by atoms with E-state index in [-0.39, 0.29) is 23.6 Å². The van der Waals surface area contributed by atoms with Crippen molar-refractivity contribution in [3.63, 3.8) is 0 Å². The van der Waals surface area contributed by atoms with Crippen LogP contribution < -0.4 is 0 Å².